The average Bonchev–Trinajstić information content (AvgIpc) is 2.75. The third kappa shape index (κ3) is 4.64. The highest BCUT2D eigenvalue weighted by atomic mass is 19.2. The van der Waals surface area contributed by atoms with E-state index in [9.17, 15) is 18.7 Å². The number of halogens is 2. The molecule has 0 aromatic heterocycles. The molecule has 0 bridgehead atoms. The molecule has 2 aromatic carbocycles. The van der Waals surface area contributed by atoms with Crippen LogP contribution in [0, 0.1) is 34.8 Å². The van der Waals surface area contributed by atoms with Crippen molar-refractivity contribution < 1.29 is 18.7 Å². The first-order chi connectivity index (χ1) is 13.9. The van der Waals surface area contributed by atoms with Crippen LogP contribution in [0.3, 0.4) is 0 Å². The number of rotatable bonds is 6. The van der Waals surface area contributed by atoms with Gasteiger partial charge in [0, 0.05) is 0 Å². The summed E-state index contributed by atoms with van der Waals surface area (Å²) in [5.74, 6) is -2.63. The molecule has 1 aliphatic rings. The summed E-state index contributed by atoms with van der Waals surface area (Å²) in [6.07, 6.45) is 6.86. The average molecular weight is 397 g/mol. The Balaban J connectivity index is 1.92. The van der Waals surface area contributed by atoms with Crippen molar-refractivity contribution in [2.75, 3.05) is 0 Å². The lowest BCUT2D eigenvalue weighted by atomic mass is 9.78. The number of hydrogen-bond acceptors (Lipinski definition) is 2. The zero-order valence-corrected chi connectivity index (χ0v) is 16.5. The maximum absolute atomic E-state index is 14.9. The van der Waals surface area contributed by atoms with Gasteiger partial charge in [0.2, 0.25) is 0 Å². The fourth-order valence-corrected chi connectivity index (χ4v) is 4.32. The Morgan fingerprint density at radius 3 is 2.28 bits per heavy atom. The molecule has 1 aliphatic carbocycles. The molecule has 1 fully saturated rings. The number of nitriles is 1. The topological polar surface area (TPSA) is 61.1 Å². The van der Waals surface area contributed by atoms with Crippen molar-refractivity contribution in [3.63, 3.8) is 0 Å². The molecule has 0 radical (unpaired) electrons. The highest BCUT2D eigenvalue weighted by Crippen LogP contribution is 2.36. The molecule has 0 heterocycles. The largest absolute Gasteiger partial charge is 0.478 e. The Hall–Kier alpha value is -2.74. The summed E-state index contributed by atoms with van der Waals surface area (Å²) >= 11 is 0. The summed E-state index contributed by atoms with van der Waals surface area (Å²) < 4.78 is 29.3. The van der Waals surface area contributed by atoms with E-state index in [2.05, 4.69) is 6.92 Å². The third-order valence-corrected chi connectivity index (χ3v) is 6.21. The van der Waals surface area contributed by atoms with Crippen molar-refractivity contribution in [1.82, 2.24) is 0 Å². The van der Waals surface area contributed by atoms with Gasteiger partial charge in [-0.2, -0.15) is 5.26 Å². The first-order valence-electron chi connectivity index (χ1n) is 10.2. The standard InChI is InChI=1S/C24H25F2NO2/c1-2-15-3-5-16(6-4-15)9-12-19-20(18-10-7-17(14-27)8-11-18)13-21(24(28)29)23(26)22(19)25/h7-8,10-11,13,15-16H,2-6,9,12H2,1H3,(H,28,29). The first kappa shape index (κ1) is 21.0. The molecule has 3 rings (SSSR count). The van der Waals surface area contributed by atoms with Crippen LogP contribution in [0.4, 0.5) is 8.78 Å². The lowest BCUT2D eigenvalue weighted by Gasteiger charge is -2.28. The van der Waals surface area contributed by atoms with Crippen LogP contribution in [0.1, 0.15) is 66.9 Å². The van der Waals surface area contributed by atoms with Crippen molar-refractivity contribution in [2.45, 2.75) is 51.9 Å². The Morgan fingerprint density at radius 2 is 1.72 bits per heavy atom. The lowest BCUT2D eigenvalue weighted by molar-refractivity contribution is 0.0690. The predicted octanol–water partition coefficient (Wildman–Crippen LogP) is 6.35. The van der Waals surface area contributed by atoms with Crippen LogP contribution in [0.25, 0.3) is 11.1 Å². The van der Waals surface area contributed by atoms with Crippen molar-refractivity contribution >= 4 is 5.97 Å². The van der Waals surface area contributed by atoms with Crippen LogP contribution in [-0.4, -0.2) is 11.1 Å². The van der Waals surface area contributed by atoms with E-state index < -0.39 is 23.2 Å². The summed E-state index contributed by atoms with van der Waals surface area (Å²) in [5.41, 5.74) is 0.955. The number of benzene rings is 2. The molecule has 1 N–H and O–H groups in total. The van der Waals surface area contributed by atoms with Crippen molar-refractivity contribution in [3.05, 3.63) is 58.7 Å². The molecular weight excluding hydrogens is 372 g/mol. The molecular formula is C24H25F2NO2. The van der Waals surface area contributed by atoms with Crippen LogP contribution in [0.2, 0.25) is 0 Å². The summed E-state index contributed by atoms with van der Waals surface area (Å²) in [6.45, 7) is 2.21. The molecule has 2 aromatic rings. The zero-order valence-electron chi connectivity index (χ0n) is 16.5. The second kappa shape index (κ2) is 9.17. The van der Waals surface area contributed by atoms with E-state index in [-0.39, 0.29) is 5.56 Å². The Morgan fingerprint density at radius 1 is 1.10 bits per heavy atom. The van der Waals surface area contributed by atoms with Gasteiger partial charge in [0.1, 0.15) is 0 Å². The zero-order chi connectivity index (χ0) is 21.0. The Bertz CT molecular complexity index is 923. The SMILES string of the molecule is CCC1CCC(CCc2c(-c3ccc(C#N)cc3)cc(C(=O)O)c(F)c2F)CC1. The van der Waals surface area contributed by atoms with Gasteiger partial charge >= 0.3 is 5.97 Å². The maximum atomic E-state index is 14.9. The fraction of sp³-hybridized carbons (Fsp3) is 0.417. The van der Waals surface area contributed by atoms with E-state index in [4.69, 9.17) is 5.26 Å². The highest BCUT2D eigenvalue weighted by Gasteiger charge is 2.25. The minimum Gasteiger partial charge on any atom is -0.478 e. The van der Waals surface area contributed by atoms with Crippen LogP contribution in [-0.2, 0) is 6.42 Å². The summed E-state index contributed by atoms with van der Waals surface area (Å²) in [7, 11) is 0. The number of aromatic carboxylic acids is 1. The van der Waals surface area contributed by atoms with Crippen molar-refractivity contribution in [1.29, 1.82) is 5.26 Å². The van der Waals surface area contributed by atoms with Crippen LogP contribution in [0.15, 0.2) is 30.3 Å². The van der Waals surface area contributed by atoms with Gasteiger partial charge in [0.15, 0.2) is 11.6 Å². The van der Waals surface area contributed by atoms with E-state index in [0.29, 0.717) is 29.0 Å². The van der Waals surface area contributed by atoms with Gasteiger partial charge in [0.05, 0.1) is 17.2 Å². The normalized spacial score (nSPS) is 19.0. The van der Waals surface area contributed by atoms with E-state index in [1.807, 2.05) is 6.07 Å². The first-order valence-corrected chi connectivity index (χ1v) is 10.2. The molecule has 5 heteroatoms. The van der Waals surface area contributed by atoms with Crippen molar-refractivity contribution in [2.24, 2.45) is 11.8 Å². The molecule has 0 aliphatic heterocycles. The van der Waals surface area contributed by atoms with Crippen LogP contribution < -0.4 is 0 Å². The molecule has 152 valence electrons. The third-order valence-electron chi connectivity index (χ3n) is 6.21. The molecule has 0 saturated heterocycles. The van der Waals surface area contributed by atoms with E-state index in [1.54, 1.807) is 24.3 Å². The van der Waals surface area contributed by atoms with Gasteiger partial charge in [-0.3, -0.25) is 0 Å². The molecule has 0 unspecified atom stereocenters. The molecule has 0 amide bonds. The molecule has 3 nitrogen and oxygen atoms in total. The fourth-order valence-electron chi connectivity index (χ4n) is 4.32. The summed E-state index contributed by atoms with van der Waals surface area (Å²) in [5, 5.41) is 18.2. The Kier molecular flexibility index (Phi) is 6.64. The molecule has 1 saturated carbocycles. The van der Waals surface area contributed by atoms with E-state index >= 15 is 0 Å². The maximum Gasteiger partial charge on any atom is 0.338 e. The molecule has 0 spiro atoms. The van der Waals surface area contributed by atoms with Gasteiger partial charge in [-0.15, -0.1) is 0 Å². The van der Waals surface area contributed by atoms with Gasteiger partial charge in [0.25, 0.3) is 0 Å². The summed E-state index contributed by atoms with van der Waals surface area (Å²) in [6, 6.07) is 9.70. The second-order valence-electron chi connectivity index (χ2n) is 7.91. The second-order valence-corrected chi connectivity index (χ2v) is 7.91. The quantitative estimate of drug-likeness (QED) is 0.618. The molecule has 0 atom stereocenters. The highest BCUT2D eigenvalue weighted by molar-refractivity contribution is 5.90. The number of carboxylic acids is 1. The Labute approximate surface area is 170 Å². The van der Waals surface area contributed by atoms with Gasteiger partial charge in [-0.1, -0.05) is 51.2 Å². The minimum atomic E-state index is -1.50. The monoisotopic (exact) mass is 397 g/mol. The van der Waals surface area contributed by atoms with Gasteiger partial charge < -0.3 is 5.11 Å². The summed E-state index contributed by atoms with van der Waals surface area (Å²) in [4.78, 5) is 11.4. The minimum absolute atomic E-state index is 0.217. The number of carbonyl (C=O) groups is 1. The van der Waals surface area contributed by atoms with E-state index in [0.717, 1.165) is 25.2 Å². The number of hydrogen-bond donors (Lipinski definition) is 1. The smallest absolute Gasteiger partial charge is 0.338 e. The van der Waals surface area contributed by atoms with Gasteiger partial charge in [-0.05, 0) is 59.6 Å². The predicted molar refractivity (Wildman–Crippen MR) is 108 cm³/mol. The van der Waals surface area contributed by atoms with E-state index in [1.165, 1.54) is 25.3 Å². The molecule has 29 heavy (non-hydrogen) atoms. The lowest BCUT2D eigenvalue weighted by Crippen LogP contribution is -2.15. The number of nitrogens with zero attached hydrogens (tertiary/aromatic N) is 1. The van der Waals surface area contributed by atoms with Gasteiger partial charge in [-0.25, -0.2) is 13.6 Å². The van der Waals surface area contributed by atoms with Crippen LogP contribution in [0.5, 0.6) is 0 Å². The van der Waals surface area contributed by atoms with Crippen LogP contribution >= 0.6 is 0 Å². The number of carboxylic acid groups (broad SMARTS) is 1. The van der Waals surface area contributed by atoms with Crippen molar-refractivity contribution in [3.8, 4) is 17.2 Å².